The number of carboxylic acids is 1. The standard InChI is InChI=1S/C45H75NO7/c1-6-8-10-12-14-16-18-19-20-21-22-23-24-25-26-28-29-31-33-35-43(47)52-40-41(39-51-38-37-42(45(49)50)46(3,4)5)53-44(48)36-34-32-30-27-17-15-13-11-9-7-2/h8,10,13-16,19-20,22-23,25-26,41-42H,6-7,9,11-12,17-18,21,24,27-40H2,1-5H3/p+1/b10-8+,15-13+,16-14+,20-19+,23-22+,26-25+. The first-order valence-corrected chi connectivity index (χ1v) is 20.5. The molecule has 0 bridgehead atoms. The van der Waals surface area contributed by atoms with Gasteiger partial charge in [0, 0.05) is 19.3 Å². The summed E-state index contributed by atoms with van der Waals surface area (Å²) in [5.74, 6) is -1.54. The fraction of sp³-hybridized carbons (Fsp3) is 0.667. The van der Waals surface area contributed by atoms with Gasteiger partial charge >= 0.3 is 17.9 Å². The molecule has 0 aliphatic heterocycles. The molecule has 8 nitrogen and oxygen atoms in total. The zero-order valence-corrected chi connectivity index (χ0v) is 34.2. The molecule has 0 aromatic carbocycles. The molecular formula is C45H76NO7+. The van der Waals surface area contributed by atoms with E-state index in [0.717, 1.165) is 96.3 Å². The zero-order chi connectivity index (χ0) is 39.3. The Morgan fingerprint density at radius 2 is 1.06 bits per heavy atom. The van der Waals surface area contributed by atoms with Crippen LogP contribution in [0.15, 0.2) is 72.9 Å². The lowest BCUT2D eigenvalue weighted by molar-refractivity contribution is -0.887. The van der Waals surface area contributed by atoms with Crippen molar-refractivity contribution in [3.8, 4) is 0 Å². The SMILES string of the molecule is CC/C=C/C/C=C/C/C=C/C/C=C/C/C=C/CCCCCC(=O)OCC(COCCC(C(=O)O)[N+](C)(C)C)OC(=O)CCCCCC/C=C/CCCC. The van der Waals surface area contributed by atoms with Crippen LogP contribution in [0.25, 0.3) is 0 Å². The maximum absolute atomic E-state index is 12.6. The molecule has 0 radical (unpaired) electrons. The molecule has 0 heterocycles. The minimum absolute atomic E-state index is 0.0418. The van der Waals surface area contributed by atoms with Gasteiger partial charge in [-0.05, 0) is 77.0 Å². The molecule has 0 aliphatic rings. The van der Waals surface area contributed by atoms with Crippen molar-refractivity contribution < 1.29 is 38.2 Å². The average Bonchev–Trinajstić information content (AvgIpc) is 3.11. The van der Waals surface area contributed by atoms with Gasteiger partial charge in [0.1, 0.15) is 6.61 Å². The fourth-order valence-corrected chi connectivity index (χ4v) is 5.39. The highest BCUT2D eigenvalue weighted by Gasteiger charge is 2.31. The van der Waals surface area contributed by atoms with E-state index in [2.05, 4.69) is 86.8 Å². The number of ether oxygens (including phenoxy) is 3. The number of quaternary nitrogens is 1. The number of esters is 2. The highest BCUT2D eigenvalue weighted by Crippen LogP contribution is 2.12. The van der Waals surface area contributed by atoms with Gasteiger partial charge in [-0.15, -0.1) is 0 Å². The number of carbonyl (C=O) groups is 3. The molecule has 0 amide bonds. The summed E-state index contributed by atoms with van der Waals surface area (Å²) < 4.78 is 17.2. The summed E-state index contributed by atoms with van der Waals surface area (Å²) >= 11 is 0. The van der Waals surface area contributed by atoms with Crippen molar-refractivity contribution in [3.05, 3.63) is 72.9 Å². The number of allylic oxidation sites excluding steroid dienone is 12. The maximum atomic E-state index is 12.6. The lowest BCUT2D eigenvalue weighted by atomic mass is 10.1. The van der Waals surface area contributed by atoms with Crippen molar-refractivity contribution in [3.63, 3.8) is 0 Å². The second-order valence-corrected chi connectivity index (χ2v) is 14.5. The van der Waals surface area contributed by atoms with Crippen LogP contribution in [-0.4, -0.2) is 80.6 Å². The Bertz CT molecular complexity index is 1100. The maximum Gasteiger partial charge on any atom is 0.362 e. The van der Waals surface area contributed by atoms with E-state index in [1.165, 1.54) is 12.8 Å². The van der Waals surface area contributed by atoms with Gasteiger partial charge in [-0.2, -0.15) is 0 Å². The highest BCUT2D eigenvalue weighted by molar-refractivity contribution is 5.72. The van der Waals surface area contributed by atoms with E-state index >= 15 is 0 Å². The van der Waals surface area contributed by atoms with Crippen LogP contribution in [0.5, 0.6) is 0 Å². The Labute approximate surface area is 323 Å². The number of hydrogen-bond acceptors (Lipinski definition) is 6. The number of rotatable bonds is 35. The molecule has 1 N–H and O–H groups in total. The van der Waals surface area contributed by atoms with Crippen LogP contribution < -0.4 is 0 Å². The van der Waals surface area contributed by atoms with Gasteiger partial charge in [0.15, 0.2) is 12.1 Å². The number of likely N-dealkylation sites (N-methyl/N-ethyl adjacent to an activating group) is 1. The number of hydrogen-bond donors (Lipinski definition) is 1. The van der Waals surface area contributed by atoms with Crippen LogP contribution in [0.2, 0.25) is 0 Å². The van der Waals surface area contributed by atoms with Gasteiger partial charge in [-0.3, -0.25) is 9.59 Å². The molecule has 0 spiro atoms. The molecule has 8 heteroatoms. The van der Waals surface area contributed by atoms with Gasteiger partial charge in [0.2, 0.25) is 0 Å². The normalized spacial score (nSPS) is 13.8. The molecule has 0 aliphatic carbocycles. The predicted octanol–water partition coefficient (Wildman–Crippen LogP) is 10.8. The summed E-state index contributed by atoms with van der Waals surface area (Å²) in [4.78, 5) is 36.8. The van der Waals surface area contributed by atoms with E-state index in [9.17, 15) is 19.5 Å². The monoisotopic (exact) mass is 743 g/mol. The minimum atomic E-state index is -0.886. The first-order chi connectivity index (χ1) is 25.6. The smallest absolute Gasteiger partial charge is 0.362 e. The first-order valence-electron chi connectivity index (χ1n) is 20.5. The third kappa shape index (κ3) is 34.3. The summed E-state index contributed by atoms with van der Waals surface area (Å²) in [5.41, 5.74) is 0. The van der Waals surface area contributed by atoms with E-state index in [-0.39, 0.29) is 36.2 Å². The third-order valence-corrected chi connectivity index (χ3v) is 8.59. The zero-order valence-electron chi connectivity index (χ0n) is 34.2. The molecule has 2 unspecified atom stereocenters. The fourth-order valence-electron chi connectivity index (χ4n) is 5.39. The molecule has 0 aromatic heterocycles. The van der Waals surface area contributed by atoms with E-state index < -0.39 is 18.1 Å². The summed E-state index contributed by atoms with van der Waals surface area (Å²) in [6.45, 7) is 4.50. The Morgan fingerprint density at radius 3 is 1.58 bits per heavy atom. The number of nitrogens with zero attached hydrogens (tertiary/aromatic N) is 1. The quantitative estimate of drug-likeness (QED) is 0.0299. The molecule has 53 heavy (non-hydrogen) atoms. The van der Waals surface area contributed by atoms with Gasteiger partial charge in [0.25, 0.3) is 0 Å². The minimum Gasteiger partial charge on any atom is -0.477 e. The van der Waals surface area contributed by atoms with E-state index in [4.69, 9.17) is 14.2 Å². The van der Waals surface area contributed by atoms with Gasteiger partial charge in [-0.25, -0.2) is 4.79 Å². The van der Waals surface area contributed by atoms with Crippen molar-refractivity contribution >= 4 is 17.9 Å². The topological polar surface area (TPSA) is 99.1 Å². The molecule has 0 saturated carbocycles. The average molecular weight is 743 g/mol. The Balaban J connectivity index is 4.43. The van der Waals surface area contributed by atoms with Crippen LogP contribution in [0.1, 0.15) is 142 Å². The van der Waals surface area contributed by atoms with Crippen LogP contribution in [-0.2, 0) is 28.6 Å². The molecule has 302 valence electrons. The van der Waals surface area contributed by atoms with Gasteiger partial charge in [-0.1, -0.05) is 119 Å². The number of unbranched alkanes of at least 4 members (excludes halogenated alkanes) is 9. The van der Waals surface area contributed by atoms with Crippen molar-refractivity contribution in [2.24, 2.45) is 0 Å². The number of aliphatic carboxylic acids is 1. The molecule has 0 fully saturated rings. The molecule has 0 rings (SSSR count). The van der Waals surface area contributed by atoms with Crippen LogP contribution in [0.3, 0.4) is 0 Å². The second kappa shape index (κ2) is 35.8. The molecule has 0 aromatic rings. The Morgan fingerprint density at radius 1 is 0.585 bits per heavy atom. The van der Waals surface area contributed by atoms with Gasteiger partial charge < -0.3 is 23.8 Å². The summed E-state index contributed by atoms with van der Waals surface area (Å²) in [6, 6.07) is -0.623. The first kappa shape index (κ1) is 49.8. The van der Waals surface area contributed by atoms with E-state index in [1.54, 1.807) is 0 Å². The second-order valence-electron chi connectivity index (χ2n) is 14.5. The lowest BCUT2D eigenvalue weighted by Gasteiger charge is -2.31. The number of carboxylic acid groups (broad SMARTS) is 1. The summed E-state index contributed by atoms with van der Waals surface area (Å²) in [6.07, 6.45) is 43.8. The van der Waals surface area contributed by atoms with E-state index in [1.807, 2.05) is 21.1 Å². The summed E-state index contributed by atoms with van der Waals surface area (Å²) in [7, 11) is 5.49. The van der Waals surface area contributed by atoms with Crippen molar-refractivity contribution in [2.75, 3.05) is 41.0 Å². The van der Waals surface area contributed by atoms with Gasteiger partial charge in [0.05, 0.1) is 34.4 Å². The largest absolute Gasteiger partial charge is 0.477 e. The third-order valence-electron chi connectivity index (χ3n) is 8.59. The number of carbonyl (C=O) groups excluding carboxylic acids is 2. The van der Waals surface area contributed by atoms with Crippen LogP contribution >= 0.6 is 0 Å². The lowest BCUT2D eigenvalue weighted by Crippen LogP contribution is -2.50. The predicted molar refractivity (Wildman–Crippen MR) is 220 cm³/mol. The van der Waals surface area contributed by atoms with E-state index in [0.29, 0.717) is 19.3 Å². The molecular weight excluding hydrogens is 666 g/mol. The van der Waals surface area contributed by atoms with Crippen molar-refractivity contribution in [1.82, 2.24) is 0 Å². The molecule has 2 atom stereocenters. The van der Waals surface area contributed by atoms with Crippen LogP contribution in [0.4, 0.5) is 0 Å². The molecule has 0 saturated heterocycles. The van der Waals surface area contributed by atoms with Crippen LogP contribution in [0, 0.1) is 0 Å². The Kier molecular flexibility index (Phi) is 33.6. The highest BCUT2D eigenvalue weighted by atomic mass is 16.6. The Hall–Kier alpha value is -3.23. The van der Waals surface area contributed by atoms with Crippen molar-refractivity contribution in [1.29, 1.82) is 0 Å². The summed E-state index contributed by atoms with van der Waals surface area (Å²) in [5, 5.41) is 9.59. The van der Waals surface area contributed by atoms with Crippen molar-refractivity contribution in [2.45, 2.75) is 154 Å².